The molecule has 21 heavy (non-hydrogen) atoms. The van der Waals surface area contributed by atoms with Gasteiger partial charge in [-0.3, -0.25) is 0 Å². The summed E-state index contributed by atoms with van der Waals surface area (Å²) in [5.74, 6) is 0.990. The zero-order valence-corrected chi connectivity index (χ0v) is 14.4. The van der Waals surface area contributed by atoms with Gasteiger partial charge in [0.15, 0.2) is 5.16 Å². The Morgan fingerprint density at radius 1 is 1.24 bits per heavy atom. The molecule has 2 N–H and O–H groups in total. The van der Waals surface area contributed by atoms with Crippen LogP contribution >= 0.6 is 11.8 Å². The fourth-order valence-electron chi connectivity index (χ4n) is 2.35. The second-order valence-electron chi connectivity index (χ2n) is 6.39. The van der Waals surface area contributed by atoms with Crippen molar-refractivity contribution in [1.82, 2.24) is 15.3 Å². The lowest BCUT2D eigenvalue weighted by Gasteiger charge is -2.29. The van der Waals surface area contributed by atoms with E-state index in [2.05, 4.69) is 29.1 Å². The molecule has 118 valence electrons. The van der Waals surface area contributed by atoms with Crippen LogP contribution in [0.2, 0.25) is 0 Å². The van der Waals surface area contributed by atoms with E-state index in [9.17, 15) is 5.11 Å². The predicted molar refractivity (Wildman–Crippen MR) is 87.8 cm³/mol. The van der Waals surface area contributed by atoms with Crippen LogP contribution in [-0.4, -0.2) is 39.0 Å². The number of aromatic nitrogens is 2. The third-order valence-electron chi connectivity index (χ3n) is 4.20. The van der Waals surface area contributed by atoms with Crippen LogP contribution in [0.3, 0.4) is 0 Å². The summed E-state index contributed by atoms with van der Waals surface area (Å²) in [6.07, 6.45) is 4.54. The fourth-order valence-corrected chi connectivity index (χ4v) is 3.22. The highest BCUT2D eigenvalue weighted by molar-refractivity contribution is 7.99. The first-order valence-electron chi connectivity index (χ1n) is 7.77. The summed E-state index contributed by atoms with van der Waals surface area (Å²) >= 11 is 1.71. The minimum atomic E-state index is -0.137. The van der Waals surface area contributed by atoms with Crippen LogP contribution in [0, 0.1) is 20.8 Å². The Labute approximate surface area is 132 Å². The van der Waals surface area contributed by atoms with E-state index in [1.54, 1.807) is 11.8 Å². The van der Waals surface area contributed by atoms with Crippen molar-refractivity contribution >= 4 is 11.8 Å². The molecule has 0 radical (unpaired) electrons. The molecular formula is C16H27N3OS. The highest BCUT2D eigenvalue weighted by atomic mass is 32.2. The van der Waals surface area contributed by atoms with Gasteiger partial charge in [-0.25, -0.2) is 9.97 Å². The van der Waals surface area contributed by atoms with Gasteiger partial charge in [0.25, 0.3) is 0 Å². The Bertz CT molecular complexity index is 467. The number of hydrogen-bond donors (Lipinski definition) is 2. The van der Waals surface area contributed by atoms with Gasteiger partial charge in [-0.05, 0) is 58.9 Å². The lowest BCUT2D eigenvalue weighted by Crippen LogP contribution is -2.46. The van der Waals surface area contributed by atoms with Gasteiger partial charge in [0.05, 0.1) is 6.61 Å². The van der Waals surface area contributed by atoms with Crippen molar-refractivity contribution in [1.29, 1.82) is 0 Å². The van der Waals surface area contributed by atoms with Crippen LogP contribution in [0.1, 0.15) is 49.6 Å². The topological polar surface area (TPSA) is 58.0 Å². The van der Waals surface area contributed by atoms with Gasteiger partial charge >= 0.3 is 0 Å². The number of thioether (sulfide) groups is 1. The van der Waals surface area contributed by atoms with Gasteiger partial charge in [-0.2, -0.15) is 0 Å². The van der Waals surface area contributed by atoms with Crippen LogP contribution in [-0.2, 0) is 0 Å². The molecule has 0 aliphatic heterocycles. The SMILES string of the molecule is Cc1nc(SCCCC(C)(CO)NC2CC2)nc(C)c1C. The molecule has 1 fully saturated rings. The lowest BCUT2D eigenvalue weighted by atomic mass is 9.97. The van der Waals surface area contributed by atoms with E-state index in [0.29, 0.717) is 6.04 Å². The zero-order valence-electron chi connectivity index (χ0n) is 13.6. The molecule has 1 aliphatic rings. The lowest BCUT2D eigenvalue weighted by molar-refractivity contribution is 0.163. The molecule has 1 saturated carbocycles. The standard InChI is InChI=1S/C16H27N3OS/c1-11-12(2)17-15(18-13(11)3)21-9-5-8-16(4,10-20)19-14-6-7-14/h14,19-20H,5-10H2,1-4H3. The second-order valence-corrected chi connectivity index (χ2v) is 7.45. The maximum atomic E-state index is 9.59. The summed E-state index contributed by atoms with van der Waals surface area (Å²) in [6, 6.07) is 0.625. The van der Waals surface area contributed by atoms with E-state index in [4.69, 9.17) is 0 Å². The van der Waals surface area contributed by atoms with Crippen LogP contribution in [0.5, 0.6) is 0 Å². The fraction of sp³-hybridized carbons (Fsp3) is 0.750. The van der Waals surface area contributed by atoms with E-state index in [1.165, 1.54) is 18.4 Å². The molecule has 0 aromatic carbocycles. The average molecular weight is 309 g/mol. The van der Waals surface area contributed by atoms with E-state index < -0.39 is 0 Å². The van der Waals surface area contributed by atoms with Gasteiger partial charge < -0.3 is 10.4 Å². The molecule has 1 aliphatic carbocycles. The zero-order chi connectivity index (χ0) is 15.5. The molecule has 0 saturated heterocycles. The first kappa shape index (κ1) is 16.7. The molecule has 1 atom stereocenters. The summed E-state index contributed by atoms with van der Waals surface area (Å²) in [7, 11) is 0. The summed E-state index contributed by atoms with van der Waals surface area (Å²) in [4.78, 5) is 9.07. The Kier molecular flexibility index (Phi) is 5.63. The highest BCUT2D eigenvalue weighted by Crippen LogP contribution is 2.26. The Hall–Kier alpha value is -0.650. The molecule has 4 nitrogen and oxygen atoms in total. The molecule has 5 heteroatoms. The van der Waals surface area contributed by atoms with E-state index in [-0.39, 0.29) is 12.1 Å². The molecule has 1 aromatic rings. The second kappa shape index (κ2) is 7.07. The van der Waals surface area contributed by atoms with Gasteiger partial charge in [0, 0.05) is 28.7 Å². The van der Waals surface area contributed by atoms with Gasteiger partial charge in [-0.1, -0.05) is 11.8 Å². The molecule has 1 unspecified atom stereocenters. The summed E-state index contributed by atoms with van der Waals surface area (Å²) in [5, 5.41) is 14.0. The van der Waals surface area contributed by atoms with Crippen molar-refractivity contribution in [3.8, 4) is 0 Å². The average Bonchev–Trinajstić information content (AvgIpc) is 3.24. The highest BCUT2D eigenvalue weighted by Gasteiger charge is 2.31. The predicted octanol–water partition coefficient (Wildman–Crippen LogP) is 2.78. The third-order valence-corrected chi connectivity index (χ3v) is 5.13. The minimum Gasteiger partial charge on any atom is -0.394 e. The monoisotopic (exact) mass is 309 g/mol. The molecule has 0 bridgehead atoms. The number of nitrogens with zero attached hydrogens (tertiary/aromatic N) is 2. The van der Waals surface area contributed by atoms with Crippen LogP contribution < -0.4 is 5.32 Å². The number of aryl methyl sites for hydroxylation is 2. The molecular weight excluding hydrogens is 282 g/mol. The normalized spacial score (nSPS) is 17.8. The largest absolute Gasteiger partial charge is 0.394 e. The Balaban J connectivity index is 1.78. The van der Waals surface area contributed by atoms with E-state index in [1.807, 2.05) is 13.8 Å². The summed E-state index contributed by atoms with van der Waals surface area (Å²) in [5.41, 5.74) is 3.18. The van der Waals surface area contributed by atoms with Crippen LogP contribution in [0.15, 0.2) is 5.16 Å². The summed E-state index contributed by atoms with van der Waals surface area (Å²) < 4.78 is 0. The molecule has 1 heterocycles. The van der Waals surface area contributed by atoms with Crippen LogP contribution in [0.4, 0.5) is 0 Å². The molecule has 0 amide bonds. The quantitative estimate of drug-likeness (QED) is 0.439. The van der Waals surface area contributed by atoms with Gasteiger partial charge in [-0.15, -0.1) is 0 Å². The smallest absolute Gasteiger partial charge is 0.187 e. The van der Waals surface area contributed by atoms with Crippen molar-refractivity contribution in [3.05, 3.63) is 17.0 Å². The number of nitrogens with one attached hydrogen (secondary N) is 1. The third kappa shape index (κ3) is 4.94. The maximum absolute atomic E-state index is 9.59. The Morgan fingerprint density at radius 2 is 1.86 bits per heavy atom. The van der Waals surface area contributed by atoms with Crippen molar-refractivity contribution in [2.24, 2.45) is 0 Å². The number of hydrogen-bond acceptors (Lipinski definition) is 5. The molecule has 2 rings (SSSR count). The van der Waals surface area contributed by atoms with Crippen molar-refractivity contribution in [2.75, 3.05) is 12.4 Å². The number of rotatable bonds is 8. The van der Waals surface area contributed by atoms with Gasteiger partial charge in [0.1, 0.15) is 0 Å². The first-order valence-corrected chi connectivity index (χ1v) is 8.75. The number of aliphatic hydroxyl groups is 1. The molecule has 1 aromatic heterocycles. The Morgan fingerprint density at radius 3 is 2.38 bits per heavy atom. The maximum Gasteiger partial charge on any atom is 0.187 e. The summed E-state index contributed by atoms with van der Waals surface area (Å²) in [6.45, 7) is 8.46. The first-order chi connectivity index (χ1) is 9.93. The van der Waals surface area contributed by atoms with E-state index >= 15 is 0 Å². The minimum absolute atomic E-state index is 0.137. The van der Waals surface area contributed by atoms with E-state index in [0.717, 1.165) is 35.1 Å². The van der Waals surface area contributed by atoms with Crippen LogP contribution in [0.25, 0.3) is 0 Å². The van der Waals surface area contributed by atoms with Crippen molar-refractivity contribution < 1.29 is 5.11 Å². The number of aliphatic hydroxyl groups excluding tert-OH is 1. The molecule has 0 spiro atoms. The van der Waals surface area contributed by atoms with Crippen molar-refractivity contribution in [3.63, 3.8) is 0 Å². The van der Waals surface area contributed by atoms with Crippen molar-refractivity contribution in [2.45, 2.75) is 70.1 Å². The van der Waals surface area contributed by atoms with Gasteiger partial charge in [0.2, 0.25) is 0 Å².